The SMILES string of the molecule is C=C[C@@](C)(O)CC[C@@H]1C(=C)C[C@@H](OC(C)=O)[C@H]2C(C)(C)CCC[C@]12C. The Bertz CT molecular complexity index is 545. The van der Waals surface area contributed by atoms with Gasteiger partial charge in [-0.25, -0.2) is 0 Å². The fourth-order valence-electron chi connectivity index (χ4n) is 5.83. The molecule has 3 heteroatoms. The number of esters is 1. The van der Waals surface area contributed by atoms with Gasteiger partial charge >= 0.3 is 5.97 Å². The van der Waals surface area contributed by atoms with Crippen LogP contribution < -0.4 is 0 Å². The van der Waals surface area contributed by atoms with Crippen LogP contribution in [0.25, 0.3) is 0 Å². The van der Waals surface area contributed by atoms with Gasteiger partial charge in [-0.15, -0.1) is 6.58 Å². The van der Waals surface area contributed by atoms with Crippen molar-refractivity contribution in [3.8, 4) is 0 Å². The van der Waals surface area contributed by atoms with Gasteiger partial charge < -0.3 is 9.84 Å². The third-order valence-electron chi connectivity index (χ3n) is 6.91. The number of fused-ring (bicyclic) bond motifs is 1. The first-order chi connectivity index (χ1) is 11.4. The minimum Gasteiger partial charge on any atom is -0.462 e. The van der Waals surface area contributed by atoms with E-state index < -0.39 is 5.60 Å². The normalized spacial score (nSPS) is 36.9. The summed E-state index contributed by atoms with van der Waals surface area (Å²) in [4.78, 5) is 11.7. The van der Waals surface area contributed by atoms with Gasteiger partial charge in [-0.3, -0.25) is 4.79 Å². The van der Waals surface area contributed by atoms with Crippen LogP contribution in [0.4, 0.5) is 0 Å². The number of carbonyl (C=O) groups is 1. The molecule has 0 saturated heterocycles. The summed E-state index contributed by atoms with van der Waals surface area (Å²) in [7, 11) is 0. The Hall–Kier alpha value is -1.09. The molecular formula is C22H36O3. The van der Waals surface area contributed by atoms with Crippen LogP contribution in [-0.4, -0.2) is 22.8 Å². The molecule has 0 amide bonds. The number of hydrogen-bond donors (Lipinski definition) is 1. The van der Waals surface area contributed by atoms with Crippen molar-refractivity contribution in [3.05, 3.63) is 24.8 Å². The lowest BCUT2D eigenvalue weighted by Crippen LogP contribution is -2.56. The van der Waals surface area contributed by atoms with Crippen molar-refractivity contribution in [1.82, 2.24) is 0 Å². The molecule has 0 spiro atoms. The number of carbonyl (C=O) groups excluding carboxylic acids is 1. The molecule has 2 aliphatic carbocycles. The monoisotopic (exact) mass is 348 g/mol. The molecule has 0 aromatic rings. The summed E-state index contributed by atoms with van der Waals surface area (Å²) in [5, 5.41) is 10.4. The first-order valence-electron chi connectivity index (χ1n) is 9.64. The lowest BCUT2D eigenvalue weighted by atomic mass is 9.46. The van der Waals surface area contributed by atoms with Gasteiger partial charge in [0.05, 0.1) is 5.60 Å². The molecule has 3 nitrogen and oxygen atoms in total. The summed E-state index contributed by atoms with van der Waals surface area (Å²) in [5.41, 5.74) is 0.507. The van der Waals surface area contributed by atoms with Crippen LogP contribution in [0, 0.1) is 22.7 Å². The second-order valence-electron chi connectivity index (χ2n) is 9.49. The van der Waals surface area contributed by atoms with Gasteiger partial charge in [0.25, 0.3) is 0 Å². The summed E-state index contributed by atoms with van der Waals surface area (Å²) in [6.07, 6.45) is 7.34. The smallest absolute Gasteiger partial charge is 0.302 e. The van der Waals surface area contributed by atoms with Gasteiger partial charge in [0.2, 0.25) is 0 Å². The lowest BCUT2D eigenvalue weighted by Gasteiger charge is -2.60. The second kappa shape index (κ2) is 6.90. The van der Waals surface area contributed by atoms with Gasteiger partial charge in [0, 0.05) is 19.3 Å². The zero-order valence-electron chi connectivity index (χ0n) is 16.7. The maximum Gasteiger partial charge on any atom is 0.302 e. The molecule has 2 fully saturated rings. The van der Waals surface area contributed by atoms with Crippen molar-refractivity contribution in [2.45, 2.75) is 84.8 Å². The van der Waals surface area contributed by atoms with Crippen molar-refractivity contribution in [1.29, 1.82) is 0 Å². The van der Waals surface area contributed by atoms with E-state index in [-0.39, 0.29) is 22.9 Å². The van der Waals surface area contributed by atoms with Gasteiger partial charge in [0.1, 0.15) is 6.10 Å². The molecule has 0 bridgehead atoms. The zero-order chi connectivity index (χ0) is 19.0. The van der Waals surface area contributed by atoms with E-state index in [1.165, 1.54) is 18.9 Å². The highest BCUT2D eigenvalue weighted by Gasteiger charge is 2.57. The van der Waals surface area contributed by atoms with E-state index in [9.17, 15) is 9.90 Å². The average Bonchev–Trinajstić information content (AvgIpc) is 2.44. The van der Waals surface area contributed by atoms with Gasteiger partial charge in [-0.05, 0) is 49.4 Å². The number of aliphatic hydroxyl groups is 1. The van der Waals surface area contributed by atoms with Crippen LogP contribution in [0.1, 0.15) is 73.1 Å². The van der Waals surface area contributed by atoms with Crippen LogP contribution in [0.2, 0.25) is 0 Å². The standard InChI is InChI=1S/C22H36O3/c1-8-21(6,24)13-10-17-15(2)14-18(25-16(3)23)19-20(4,5)11-9-12-22(17,19)7/h8,17-19,24H,1-2,9-14H2,3-7H3/t17-,18-,19+,21-,22-/m1/s1. The average molecular weight is 349 g/mol. The van der Waals surface area contributed by atoms with Crippen LogP contribution in [-0.2, 0) is 9.53 Å². The molecule has 25 heavy (non-hydrogen) atoms. The van der Waals surface area contributed by atoms with E-state index >= 15 is 0 Å². The Morgan fingerprint density at radius 3 is 2.60 bits per heavy atom. The molecule has 0 aliphatic heterocycles. The topological polar surface area (TPSA) is 46.5 Å². The van der Waals surface area contributed by atoms with E-state index in [1.807, 2.05) is 6.92 Å². The maximum atomic E-state index is 11.7. The van der Waals surface area contributed by atoms with Crippen LogP contribution in [0.15, 0.2) is 24.8 Å². The molecule has 2 aliphatic rings. The van der Waals surface area contributed by atoms with Crippen LogP contribution >= 0.6 is 0 Å². The van der Waals surface area contributed by atoms with E-state index in [1.54, 1.807) is 6.08 Å². The number of ether oxygens (including phenoxy) is 1. The first kappa shape index (κ1) is 20.2. The number of rotatable bonds is 5. The number of hydrogen-bond acceptors (Lipinski definition) is 3. The third kappa shape index (κ3) is 4.02. The molecule has 0 unspecified atom stereocenters. The highest BCUT2D eigenvalue weighted by atomic mass is 16.5. The van der Waals surface area contributed by atoms with Gasteiger partial charge in [-0.2, -0.15) is 0 Å². The molecule has 0 heterocycles. The molecule has 2 rings (SSSR count). The van der Waals surface area contributed by atoms with Crippen LogP contribution in [0.5, 0.6) is 0 Å². The molecule has 5 atom stereocenters. The summed E-state index contributed by atoms with van der Waals surface area (Å²) < 4.78 is 5.78. The second-order valence-corrected chi connectivity index (χ2v) is 9.49. The fraction of sp³-hybridized carbons (Fsp3) is 0.773. The maximum absolute atomic E-state index is 11.7. The van der Waals surface area contributed by atoms with Crippen LogP contribution in [0.3, 0.4) is 0 Å². The Kier molecular flexibility index (Phi) is 5.59. The van der Waals surface area contributed by atoms with Crippen molar-refractivity contribution < 1.29 is 14.6 Å². The van der Waals surface area contributed by atoms with E-state index in [2.05, 4.69) is 33.9 Å². The summed E-state index contributed by atoms with van der Waals surface area (Å²) in [6.45, 7) is 18.4. The molecule has 0 radical (unpaired) electrons. The molecular weight excluding hydrogens is 312 g/mol. The van der Waals surface area contributed by atoms with Gasteiger partial charge in [0.15, 0.2) is 0 Å². The molecule has 142 valence electrons. The van der Waals surface area contributed by atoms with Crippen molar-refractivity contribution in [2.75, 3.05) is 0 Å². The summed E-state index contributed by atoms with van der Waals surface area (Å²) in [5.74, 6) is 0.465. The Balaban J connectivity index is 2.35. The summed E-state index contributed by atoms with van der Waals surface area (Å²) in [6, 6.07) is 0. The predicted molar refractivity (Wildman–Crippen MR) is 102 cm³/mol. The van der Waals surface area contributed by atoms with E-state index in [0.29, 0.717) is 18.3 Å². The Morgan fingerprint density at radius 1 is 1.40 bits per heavy atom. The summed E-state index contributed by atoms with van der Waals surface area (Å²) >= 11 is 0. The Morgan fingerprint density at radius 2 is 2.04 bits per heavy atom. The minimum atomic E-state index is -0.844. The van der Waals surface area contributed by atoms with Crippen molar-refractivity contribution >= 4 is 5.97 Å². The quantitative estimate of drug-likeness (QED) is 0.559. The largest absolute Gasteiger partial charge is 0.462 e. The predicted octanol–water partition coefficient (Wildman–Crippen LogP) is 5.04. The van der Waals surface area contributed by atoms with E-state index in [0.717, 1.165) is 25.7 Å². The van der Waals surface area contributed by atoms with E-state index in [4.69, 9.17) is 4.74 Å². The molecule has 0 aromatic heterocycles. The molecule has 0 aromatic carbocycles. The zero-order valence-corrected chi connectivity index (χ0v) is 16.7. The fourth-order valence-corrected chi connectivity index (χ4v) is 5.83. The van der Waals surface area contributed by atoms with Crippen molar-refractivity contribution in [3.63, 3.8) is 0 Å². The molecule has 2 saturated carbocycles. The first-order valence-corrected chi connectivity index (χ1v) is 9.64. The lowest BCUT2D eigenvalue weighted by molar-refractivity contribution is -0.171. The Labute approximate surface area is 153 Å². The highest BCUT2D eigenvalue weighted by molar-refractivity contribution is 5.66. The van der Waals surface area contributed by atoms with Gasteiger partial charge in [-0.1, -0.05) is 45.4 Å². The molecule has 1 N–H and O–H groups in total. The third-order valence-corrected chi connectivity index (χ3v) is 6.91. The van der Waals surface area contributed by atoms with Crippen molar-refractivity contribution in [2.24, 2.45) is 22.7 Å². The highest BCUT2D eigenvalue weighted by Crippen LogP contribution is 2.62. The minimum absolute atomic E-state index is 0.0500.